The van der Waals surface area contributed by atoms with Gasteiger partial charge in [-0.1, -0.05) is 0 Å². The van der Waals surface area contributed by atoms with Crippen molar-refractivity contribution in [2.75, 3.05) is 7.11 Å². The molecule has 0 aliphatic heterocycles. The quantitative estimate of drug-likeness (QED) is 0.731. The van der Waals surface area contributed by atoms with Gasteiger partial charge in [0, 0.05) is 10.7 Å². The van der Waals surface area contributed by atoms with Crippen LogP contribution in [-0.2, 0) is 4.74 Å². The zero-order chi connectivity index (χ0) is 10.1. The zero-order valence-electron chi connectivity index (χ0n) is 7.40. The van der Waals surface area contributed by atoms with E-state index in [1.807, 2.05) is 6.20 Å². The first-order valence-electron chi connectivity index (χ1n) is 3.92. The molecule has 2 aromatic heterocycles. The minimum absolute atomic E-state index is 0.364. The zero-order valence-corrected chi connectivity index (χ0v) is 8.98. The Hall–Kier alpha value is -1.36. The van der Waals surface area contributed by atoms with Gasteiger partial charge < -0.3 is 9.14 Å². The first-order chi connectivity index (χ1) is 6.72. The Morgan fingerprint density at radius 3 is 3.14 bits per heavy atom. The third-order valence-corrected chi connectivity index (χ3v) is 2.33. The highest BCUT2D eigenvalue weighted by atomic mass is 79.9. The number of rotatable bonds is 1. The summed E-state index contributed by atoms with van der Waals surface area (Å²) in [5, 5.41) is 0. The Kier molecular flexibility index (Phi) is 2.25. The maximum Gasteiger partial charge on any atom is 0.340 e. The third kappa shape index (κ3) is 1.39. The molecular weight excluding hydrogens is 248 g/mol. The van der Waals surface area contributed by atoms with Crippen LogP contribution < -0.4 is 0 Å². The van der Waals surface area contributed by atoms with Crippen LogP contribution in [0.5, 0.6) is 0 Å². The predicted molar refractivity (Wildman–Crippen MR) is 54.2 cm³/mol. The fourth-order valence-electron chi connectivity index (χ4n) is 1.27. The molecule has 0 radical (unpaired) electrons. The molecule has 0 atom stereocenters. The maximum atomic E-state index is 11.4. The average molecular weight is 255 g/mol. The normalized spacial score (nSPS) is 10.4. The summed E-state index contributed by atoms with van der Waals surface area (Å²) < 4.78 is 7.24. The summed E-state index contributed by atoms with van der Waals surface area (Å²) in [7, 11) is 1.36. The van der Waals surface area contributed by atoms with Gasteiger partial charge in [-0.3, -0.25) is 0 Å². The molecule has 0 saturated heterocycles. The van der Waals surface area contributed by atoms with Crippen molar-refractivity contribution in [2.45, 2.75) is 0 Å². The first kappa shape index (κ1) is 9.21. The highest BCUT2D eigenvalue weighted by Gasteiger charge is 2.11. The summed E-state index contributed by atoms with van der Waals surface area (Å²) in [6.07, 6.45) is 5.08. The molecule has 5 heteroatoms. The van der Waals surface area contributed by atoms with Gasteiger partial charge in [0.1, 0.15) is 0 Å². The molecule has 2 rings (SSSR count). The molecule has 0 unspecified atom stereocenters. The highest BCUT2D eigenvalue weighted by Crippen LogP contribution is 2.18. The Morgan fingerprint density at radius 2 is 2.43 bits per heavy atom. The summed E-state index contributed by atoms with van der Waals surface area (Å²) in [4.78, 5) is 15.3. The van der Waals surface area contributed by atoms with Crippen LogP contribution in [0.2, 0.25) is 0 Å². The van der Waals surface area contributed by atoms with Crippen LogP contribution in [0.1, 0.15) is 10.4 Å². The van der Waals surface area contributed by atoms with Gasteiger partial charge in [-0.15, -0.1) is 0 Å². The Balaban J connectivity index is 2.72. The van der Waals surface area contributed by atoms with Crippen molar-refractivity contribution in [1.82, 2.24) is 9.38 Å². The summed E-state index contributed by atoms with van der Waals surface area (Å²) in [6, 6.07) is 1.71. The van der Waals surface area contributed by atoms with Gasteiger partial charge in [0.2, 0.25) is 0 Å². The number of imidazole rings is 1. The van der Waals surface area contributed by atoms with E-state index in [0.29, 0.717) is 5.56 Å². The second kappa shape index (κ2) is 3.42. The lowest BCUT2D eigenvalue weighted by Gasteiger charge is -2.02. The van der Waals surface area contributed by atoms with Crippen molar-refractivity contribution in [3.8, 4) is 0 Å². The summed E-state index contributed by atoms with van der Waals surface area (Å²) in [5.41, 5.74) is 1.24. The smallest absolute Gasteiger partial charge is 0.340 e. The number of hydrogen-bond donors (Lipinski definition) is 0. The van der Waals surface area contributed by atoms with Gasteiger partial charge >= 0.3 is 5.97 Å². The lowest BCUT2D eigenvalue weighted by atomic mass is 10.2. The van der Waals surface area contributed by atoms with Crippen molar-refractivity contribution in [3.63, 3.8) is 0 Å². The predicted octanol–water partition coefficient (Wildman–Crippen LogP) is 1.88. The van der Waals surface area contributed by atoms with Gasteiger partial charge in [0.05, 0.1) is 30.7 Å². The molecule has 0 aliphatic carbocycles. The number of carbonyl (C=O) groups excluding carboxylic acids is 1. The second-order valence-corrected chi connectivity index (χ2v) is 3.67. The van der Waals surface area contributed by atoms with Gasteiger partial charge in [-0.05, 0) is 22.0 Å². The van der Waals surface area contributed by atoms with Gasteiger partial charge in [0.25, 0.3) is 0 Å². The van der Waals surface area contributed by atoms with Crippen LogP contribution >= 0.6 is 15.9 Å². The van der Waals surface area contributed by atoms with Crippen LogP contribution in [0.25, 0.3) is 5.52 Å². The van der Waals surface area contributed by atoms with Crippen molar-refractivity contribution in [2.24, 2.45) is 0 Å². The van der Waals surface area contributed by atoms with Crippen molar-refractivity contribution in [1.29, 1.82) is 0 Å². The molecule has 0 amide bonds. The molecular formula is C9H7BrN2O2. The Morgan fingerprint density at radius 1 is 1.64 bits per heavy atom. The summed E-state index contributed by atoms with van der Waals surface area (Å²) in [5.74, 6) is -0.364. The molecule has 0 aliphatic rings. The fourth-order valence-corrected chi connectivity index (χ4v) is 1.72. The number of ether oxygens (including phenoxy) is 1. The SMILES string of the molecule is COC(=O)c1cc(Br)cn2cncc12. The fraction of sp³-hybridized carbons (Fsp3) is 0.111. The van der Waals surface area contributed by atoms with E-state index in [1.54, 1.807) is 23.0 Å². The molecule has 14 heavy (non-hydrogen) atoms. The van der Waals surface area contributed by atoms with E-state index >= 15 is 0 Å². The van der Waals surface area contributed by atoms with Crippen LogP contribution in [-0.4, -0.2) is 22.5 Å². The number of fused-ring (bicyclic) bond motifs is 1. The number of carbonyl (C=O) groups is 1. The molecule has 2 aromatic rings. The van der Waals surface area contributed by atoms with Crippen molar-refractivity contribution in [3.05, 3.63) is 34.8 Å². The van der Waals surface area contributed by atoms with E-state index in [-0.39, 0.29) is 5.97 Å². The number of esters is 1. The number of halogens is 1. The molecule has 2 heterocycles. The third-order valence-electron chi connectivity index (χ3n) is 1.89. The standard InChI is InChI=1S/C9H7BrN2O2/c1-14-9(13)7-2-6(10)4-12-5-11-3-8(7)12/h2-5H,1H3. The maximum absolute atomic E-state index is 11.4. The Labute approximate surface area is 88.6 Å². The van der Waals surface area contributed by atoms with E-state index in [1.165, 1.54) is 7.11 Å². The highest BCUT2D eigenvalue weighted by molar-refractivity contribution is 9.10. The lowest BCUT2D eigenvalue weighted by molar-refractivity contribution is 0.0602. The van der Waals surface area contributed by atoms with Crippen LogP contribution in [0.4, 0.5) is 0 Å². The molecule has 0 spiro atoms. The molecule has 4 nitrogen and oxygen atoms in total. The molecule has 72 valence electrons. The number of nitrogens with zero attached hydrogens (tertiary/aromatic N) is 2. The van der Waals surface area contributed by atoms with Gasteiger partial charge in [-0.25, -0.2) is 9.78 Å². The van der Waals surface area contributed by atoms with Crippen molar-refractivity contribution < 1.29 is 9.53 Å². The summed E-state index contributed by atoms with van der Waals surface area (Å²) in [6.45, 7) is 0. The van der Waals surface area contributed by atoms with Crippen molar-refractivity contribution >= 4 is 27.4 Å². The number of methoxy groups -OCH3 is 1. The van der Waals surface area contributed by atoms with E-state index in [2.05, 4.69) is 25.7 Å². The molecule has 0 bridgehead atoms. The molecule has 0 saturated carbocycles. The van der Waals surface area contributed by atoms with Crippen LogP contribution in [0.15, 0.2) is 29.3 Å². The minimum atomic E-state index is -0.364. The topological polar surface area (TPSA) is 43.6 Å². The van der Waals surface area contributed by atoms with Crippen LogP contribution in [0.3, 0.4) is 0 Å². The van der Waals surface area contributed by atoms with E-state index < -0.39 is 0 Å². The number of hydrogen-bond acceptors (Lipinski definition) is 3. The molecule has 0 fully saturated rings. The molecule has 0 N–H and O–H groups in total. The Bertz CT molecular complexity index is 493. The van der Waals surface area contributed by atoms with Gasteiger partial charge in [-0.2, -0.15) is 0 Å². The molecule has 0 aromatic carbocycles. The second-order valence-electron chi connectivity index (χ2n) is 2.75. The largest absolute Gasteiger partial charge is 0.465 e. The number of pyridine rings is 1. The van der Waals surface area contributed by atoms with Gasteiger partial charge in [0.15, 0.2) is 0 Å². The van der Waals surface area contributed by atoms with E-state index in [4.69, 9.17) is 0 Å². The minimum Gasteiger partial charge on any atom is -0.465 e. The van der Waals surface area contributed by atoms with E-state index in [0.717, 1.165) is 9.99 Å². The monoisotopic (exact) mass is 254 g/mol. The number of aromatic nitrogens is 2. The van der Waals surface area contributed by atoms with E-state index in [9.17, 15) is 4.79 Å². The average Bonchev–Trinajstić information content (AvgIpc) is 2.62. The first-order valence-corrected chi connectivity index (χ1v) is 4.71. The lowest BCUT2D eigenvalue weighted by Crippen LogP contribution is -2.03. The summed E-state index contributed by atoms with van der Waals surface area (Å²) >= 11 is 3.31. The van der Waals surface area contributed by atoms with Crippen LogP contribution in [0, 0.1) is 0 Å².